The van der Waals surface area contributed by atoms with E-state index in [0.29, 0.717) is 0 Å². The maximum atomic E-state index is 4.85. The Kier molecular flexibility index (Phi) is 3.37. The number of aryl methyl sites for hydroxylation is 2. The average Bonchev–Trinajstić information content (AvgIpc) is 2.84. The van der Waals surface area contributed by atoms with Crippen LogP contribution in [0, 0.1) is 12.8 Å². The van der Waals surface area contributed by atoms with Crippen LogP contribution in [0.5, 0.6) is 0 Å². The molecule has 21 heavy (non-hydrogen) atoms. The molecule has 2 aromatic heterocycles. The van der Waals surface area contributed by atoms with E-state index >= 15 is 0 Å². The van der Waals surface area contributed by atoms with Crippen molar-refractivity contribution in [1.29, 1.82) is 0 Å². The van der Waals surface area contributed by atoms with Crippen LogP contribution < -0.4 is 4.90 Å². The lowest BCUT2D eigenvalue weighted by Crippen LogP contribution is -2.30. The molecule has 0 N–H and O–H groups in total. The van der Waals surface area contributed by atoms with Crippen molar-refractivity contribution in [2.75, 3.05) is 18.0 Å². The van der Waals surface area contributed by atoms with Gasteiger partial charge in [-0.25, -0.2) is 9.97 Å². The van der Waals surface area contributed by atoms with Gasteiger partial charge in [0.05, 0.1) is 5.39 Å². The molecule has 0 saturated carbocycles. The average molecular weight is 301 g/mol. The minimum Gasteiger partial charge on any atom is -0.356 e. The lowest BCUT2D eigenvalue weighted by atomic mass is 9.89. The Morgan fingerprint density at radius 2 is 1.95 bits per heavy atom. The fourth-order valence-corrected chi connectivity index (χ4v) is 5.18. The van der Waals surface area contributed by atoms with E-state index in [2.05, 4.69) is 11.8 Å². The van der Waals surface area contributed by atoms with Crippen molar-refractivity contribution in [2.24, 2.45) is 5.92 Å². The molecule has 0 radical (unpaired) electrons. The van der Waals surface area contributed by atoms with Crippen molar-refractivity contribution in [3.63, 3.8) is 0 Å². The van der Waals surface area contributed by atoms with Crippen LogP contribution in [0.25, 0.3) is 10.2 Å². The van der Waals surface area contributed by atoms with Gasteiger partial charge in [0.15, 0.2) is 0 Å². The second kappa shape index (κ2) is 5.24. The molecule has 1 atom stereocenters. The number of hydrogen-bond acceptors (Lipinski definition) is 4. The molecule has 2 aliphatic rings. The normalized spacial score (nSPS) is 22.6. The molecule has 0 aromatic carbocycles. The second-order valence-corrected chi connectivity index (χ2v) is 7.76. The van der Waals surface area contributed by atoms with Gasteiger partial charge in [-0.05, 0) is 56.9 Å². The van der Waals surface area contributed by atoms with Crippen LogP contribution in [0.15, 0.2) is 0 Å². The molecule has 1 saturated heterocycles. The Bertz CT molecular complexity index is 670. The van der Waals surface area contributed by atoms with Crippen LogP contribution in [0.2, 0.25) is 0 Å². The van der Waals surface area contributed by atoms with Gasteiger partial charge in [-0.1, -0.05) is 6.92 Å². The summed E-state index contributed by atoms with van der Waals surface area (Å²) in [6, 6.07) is 0. The molecule has 0 spiro atoms. The highest BCUT2D eigenvalue weighted by Gasteiger charge is 2.25. The van der Waals surface area contributed by atoms with Crippen molar-refractivity contribution < 1.29 is 0 Å². The van der Waals surface area contributed by atoms with E-state index in [9.17, 15) is 0 Å². The van der Waals surface area contributed by atoms with E-state index in [4.69, 9.17) is 9.97 Å². The smallest absolute Gasteiger partial charge is 0.141 e. The van der Waals surface area contributed by atoms with E-state index in [-0.39, 0.29) is 0 Å². The first-order valence-corrected chi connectivity index (χ1v) is 9.08. The first-order chi connectivity index (χ1) is 10.2. The number of hydrogen-bond donors (Lipinski definition) is 0. The number of piperidine rings is 1. The van der Waals surface area contributed by atoms with Crippen molar-refractivity contribution in [3.05, 3.63) is 16.3 Å². The zero-order valence-electron chi connectivity index (χ0n) is 13.0. The standard InChI is InChI=1S/C17H23N3S/c1-11-6-7-13-14(10-11)21-17-15(13)16(18-12(2)19-17)20-8-4-3-5-9-20/h11H,3-10H2,1-2H3/t11-/m0/s1. The third-order valence-corrected chi connectivity index (χ3v) is 6.05. The number of anilines is 1. The van der Waals surface area contributed by atoms with Crippen molar-refractivity contribution >= 4 is 27.4 Å². The molecule has 2 aromatic rings. The number of fused-ring (bicyclic) bond motifs is 3. The molecule has 112 valence electrons. The molecule has 1 aliphatic heterocycles. The summed E-state index contributed by atoms with van der Waals surface area (Å²) in [5, 5.41) is 1.38. The van der Waals surface area contributed by atoms with Gasteiger partial charge in [0.1, 0.15) is 16.5 Å². The molecular weight excluding hydrogens is 278 g/mol. The maximum Gasteiger partial charge on any atom is 0.141 e. The topological polar surface area (TPSA) is 29.0 Å². The van der Waals surface area contributed by atoms with Crippen molar-refractivity contribution in [1.82, 2.24) is 9.97 Å². The molecule has 4 rings (SSSR count). The molecule has 0 bridgehead atoms. The zero-order chi connectivity index (χ0) is 14.4. The highest BCUT2D eigenvalue weighted by molar-refractivity contribution is 7.19. The lowest BCUT2D eigenvalue weighted by molar-refractivity contribution is 0.509. The quantitative estimate of drug-likeness (QED) is 0.793. The van der Waals surface area contributed by atoms with Gasteiger partial charge in [-0.2, -0.15) is 0 Å². The number of rotatable bonds is 1. The van der Waals surface area contributed by atoms with Crippen molar-refractivity contribution in [2.45, 2.75) is 52.4 Å². The van der Waals surface area contributed by atoms with E-state index in [1.165, 1.54) is 54.6 Å². The Morgan fingerprint density at radius 1 is 1.14 bits per heavy atom. The Balaban J connectivity index is 1.88. The van der Waals surface area contributed by atoms with Crippen LogP contribution in [0.4, 0.5) is 5.82 Å². The maximum absolute atomic E-state index is 4.85. The first kappa shape index (κ1) is 13.5. The van der Waals surface area contributed by atoms with Crippen molar-refractivity contribution in [3.8, 4) is 0 Å². The SMILES string of the molecule is Cc1nc(N2CCCCC2)c2c3c(sc2n1)C[C@@H](C)CC3. The summed E-state index contributed by atoms with van der Waals surface area (Å²) in [4.78, 5) is 14.9. The Morgan fingerprint density at radius 3 is 2.76 bits per heavy atom. The summed E-state index contributed by atoms with van der Waals surface area (Å²) in [6.45, 7) is 6.73. The fraction of sp³-hybridized carbons (Fsp3) is 0.647. The summed E-state index contributed by atoms with van der Waals surface area (Å²) >= 11 is 1.92. The van der Waals surface area contributed by atoms with E-state index in [0.717, 1.165) is 24.8 Å². The molecule has 1 fully saturated rings. The summed E-state index contributed by atoms with van der Waals surface area (Å²) < 4.78 is 0. The third kappa shape index (κ3) is 2.33. The number of thiophene rings is 1. The van der Waals surface area contributed by atoms with Crippen LogP contribution in [0.1, 0.15) is 48.9 Å². The van der Waals surface area contributed by atoms with Crippen LogP contribution in [-0.4, -0.2) is 23.1 Å². The minimum absolute atomic E-state index is 0.818. The lowest BCUT2D eigenvalue weighted by Gasteiger charge is -2.29. The van der Waals surface area contributed by atoms with Gasteiger partial charge in [0.25, 0.3) is 0 Å². The molecule has 3 heterocycles. The van der Waals surface area contributed by atoms with Gasteiger partial charge in [0.2, 0.25) is 0 Å². The zero-order valence-corrected chi connectivity index (χ0v) is 13.8. The monoisotopic (exact) mass is 301 g/mol. The third-order valence-electron chi connectivity index (χ3n) is 4.90. The summed E-state index contributed by atoms with van der Waals surface area (Å²) in [5.74, 6) is 2.97. The predicted octanol–water partition coefficient (Wildman–Crippen LogP) is 4.11. The largest absolute Gasteiger partial charge is 0.356 e. The number of nitrogens with zero attached hydrogens (tertiary/aromatic N) is 3. The summed E-state index contributed by atoms with van der Waals surface area (Å²) in [5.41, 5.74) is 1.56. The molecule has 0 amide bonds. The van der Waals surface area contributed by atoms with Gasteiger partial charge in [-0.15, -0.1) is 11.3 Å². The van der Waals surface area contributed by atoms with Gasteiger partial charge < -0.3 is 4.90 Å². The summed E-state index contributed by atoms with van der Waals surface area (Å²) in [6.07, 6.45) is 7.72. The van der Waals surface area contributed by atoms with Crippen LogP contribution in [-0.2, 0) is 12.8 Å². The second-order valence-electron chi connectivity index (χ2n) is 6.67. The minimum atomic E-state index is 0.818. The first-order valence-electron chi connectivity index (χ1n) is 8.26. The van der Waals surface area contributed by atoms with E-state index in [1.807, 2.05) is 18.3 Å². The van der Waals surface area contributed by atoms with Gasteiger partial charge in [-0.3, -0.25) is 0 Å². The molecule has 4 heteroatoms. The van der Waals surface area contributed by atoms with Gasteiger partial charge in [0, 0.05) is 18.0 Å². The van der Waals surface area contributed by atoms with Crippen LogP contribution in [0.3, 0.4) is 0 Å². The highest BCUT2D eigenvalue weighted by Crippen LogP contribution is 2.41. The van der Waals surface area contributed by atoms with E-state index < -0.39 is 0 Å². The fourth-order valence-electron chi connectivity index (χ4n) is 3.76. The molecule has 1 aliphatic carbocycles. The molecular formula is C17H23N3S. The number of aromatic nitrogens is 2. The van der Waals surface area contributed by atoms with Gasteiger partial charge >= 0.3 is 0 Å². The Hall–Kier alpha value is -1.16. The summed E-state index contributed by atoms with van der Waals surface area (Å²) in [7, 11) is 0. The van der Waals surface area contributed by atoms with E-state index in [1.54, 1.807) is 10.4 Å². The van der Waals surface area contributed by atoms with Crippen LogP contribution >= 0.6 is 11.3 Å². The predicted molar refractivity (Wildman–Crippen MR) is 89.4 cm³/mol. The highest BCUT2D eigenvalue weighted by atomic mass is 32.1. The Labute approximate surface area is 130 Å². The molecule has 0 unspecified atom stereocenters. The molecule has 3 nitrogen and oxygen atoms in total.